The smallest absolute Gasteiger partial charge is 0.195 e. The number of rotatable bonds is 1. The lowest BCUT2D eigenvalue weighted by molar-refractivity contribution is 0.0325. The van der Waals surface area contributed by atoms with Crippen LogP contribution in [0, 0.1) is 0 Å². The number of fused-ring (bicyclic) bond motifs is 1. The number of aromatic hydroxyl groups is 1. The maximum Gasteiger partial charge on any atom is 0.195 e. The van der Waals surface area contributed by atoms with Crippen molar-refractivity contribution in [2.75, 3.05) is 26.3 Å². The van der Waals surface area contributed by atoms with Crippen molar-refractivity contribution in [2.45, 2.75) is 13.3 Å². The number of benzene rings is 1. The second-order valence-electron chi connectivity index (χ2n) is 4.73. The van der Waals surface area contributed by atoms with Crippen LogP contribution in [0.1, 0.15) is 12.5 Å². The predicted molar refractivity (Wildman–Crippen MR) is 67.5 cm³/mol. The summed E-state index contributed by atoms with van der Waals surface area (Å²) in [5.74, 6) is 1.70. The van der Waals surface area contributed by atoms with E-state index in [1.165, 1.54) is 5.57 Å². The van der Waals surface area contributed by atoms with Gasteiger partial charge in [-0.1, -0.05) is 12.1 Å². The van der Waals surface area contributed by atoms with Gasteiger partial charge in [0.2, 0.25) is 0 Å². The van der Waals surface area contributed by atoms with Gasteiger partial charge in [0, 0.05) is 25.1 Å². The van der Waals surface area contributed by atoms with Crippen LogP contribution in [0.5, 0.6) is 11.5 Å². The van der Waals surface area contributed by atoms with Crippen molar-refractivity contribution in [3.8, 4) is 11.5 Å². The molecule has 0 aromatic heterocycles. The molecule has 1 aromatic carbocycles. The second-order valence-corrected chi connectivity index (χ2v) is 4.73. The Hall–Kier alpha value is -1.68. The van der Waals surface area contributed by atoms with Gasteiger partial charge >= 0.3 is 0 Å². The van der Waals surface area contributed by atoms with Crippen LogP contribution in [-0.2, 0) is 11.2 Å². The number of phenolic OH excluding ortho intramolecular Hbond substituents is 1. The summed E-state index contributed by atoms with van der Waals surface area (Å²) in [6.07, 6.45) is 0.830. The zero-order chi connectivity index (χ0) is 12.5. The van der Waals surface area contributed by atoms with E-state index in [1.807, 2.05) is 12.1 Å². The first-order valence-electron chi connectivity index (χ1n) is 6.27. The molecule has 18 heavy (non-hydrogen) atoms. The van der Waals surface area contributed by atoms with Gasteiger partial charge in [-0.3, -0.25) is 0 Å². The summed E-state index contributed by atoms with van der Waals surface area (Å²) < 4.78 is 11.3. The lowest BCUT2D eigenvalue weighted by atomic mass is 10.0. The summed E-state index contributed by atoms with van der Waals surface area (Å²) in [5, 5.41) is 9.87. The molecule has 3 rings (SSSR count). The molecule has 0 unspecified atom stereocenters. The van der Waals surface area contributed by atoms with Crippen molar-refractivity contribution in [3.63, 3.8) is 0 Å². The third kappa shape index (κ3) is 1.93. The van der Waals surface area contributed by atoms with E-state index in [2.05, 4.69) is 11.8 Å². The minimum atomic E-state index is 0.214. The van der Waals surface area contributed by atoms with E-state index in [-0.39, 0.29) is 5.75 Å². The van der Waals surface area contributed by atoms with Gasteiger partial charge in [0.15, 0.2) is 17.4 Å². The zero-order valence-electron chi connectivity index (χ0n) is 10.5. The monoisotopic (exact) mass is 247 g/mol. The van der Waals surface area contributed by atoms with Crippen molar-refractivity contribution < 1.29 is 14.6 Å². The molecule has 0 amide bonds. The summed E-state index contributed by atoms with van der Waals surface area (Å²) in [4.78, 5) is 2.19. The van der Waals surface area contributed by atoms with Crippen LogP contribution >= 0.6 is 0 Å². The van der Waals surface area contributed by atoms with E-state index in [0.29, 0.717) is 5.75 Å². The van der Waals surface area contributed by atoms with Crippen LogP contribution in [0.4, 0.5) is 0 Å². The molecule has 0 saturated carbocycles. The highest BCUT2D eigenvalue weighted by molar-refractivity contribution is 5.50. The molecule has 2 aliphatic heterocycles. The van der Waals surface area contributed by atoms with Crippen LogP contribution in [0.3, 0.4) is 0 Å². The quantitative estimate of drug-likeness (QED) is 0.823. The SMILES string of the molecule is CC1=C(N2CCOCC2)Oc2c(O)cccc2C1. The Bertz CT molecular complexity index is 490. The summed E-state index contributed by atoms with van der Waals surface area (Å²) in [6, 6.07) is 5.51. The van der Waals surface area contributed by atoms with Gasteiger partial charge in [-0.2, -0.15) is 0 Å². The maximum atomic E-state index is 9.87. The highest BCUT2D eigenvalue weighted by Gasteiger charge is 2.25. The minimum absolute atomic E-state index is 0.214. The van der Waals surface area contributed by atoms with E-state index >= 15 is 0 Å². The number of nitrogens with zero attached hydrogens (tertiary/aromatic N) is 1. The summed E-state index contributed by atoms with van der Waals surface area (Å²) >= 11 is 0. The first-order chi connectivity index (χ1) is 8.75. The fraction of sp³-hybridized carbons (Fsp3) is 0.429. The number of phenols is 1. The van der Waals surface area contributed by atoms with E-state index < -0.39 is 0 Å². The Morgan fingerprint density at radius 1 is 1.22 bits per heavy atom. The summed E-state index contributed by atoms with van der Waals surface area (Å²) in [7, 11) is 0. The van der Waals surface area contributed by atoms with E-state index in [4.69, 9.17) is 9.47 Å². The molecule has 4 heteroatoms. The largest absolute Gasteiger partial charge is 0.504 e. The Morgan fingerprint density at radius 2 is 2.00 bits per heavy atom. The standard InChI is InChI=1S/C14H17NO3/c1-10-9-11-3-2-4-12(16)13(11)18-14(10)15-5-7-17-8-6-15/h2-4,16H,5-9H2,1H3. The van der Waals surface area contributed by atoms with E-state index in [9.17, 15) is 5.11 Å². The topological polar surface area (TPSA) is 41.9 Å². The van der Waals surface area contributed by atoms with Gasteiger partial charge in [-0.05, 0) is 18.6 Å². The zero-order valence-corrected chi connectivity index (χ0v) is 10.5. The molecular formula is C14H17NO3. The number of para-hydroxylation sites is 1. The first-order valence-corrected chi connectivity index (χ1v) is 6.27. The Kier molecular flexibility index (Phi) is 2.88. The van der Waals surface area contributed by atoms with E-state index in [1.54, 1.807) is 6.07 Å². The number of hydrogen-bond donors (Lipinski definition) is 1. The van der Waals surface area contributed by atoms with Crippen LogP contribution in [0.15, 0.2) is 29.7 Å². The first kappa shape index (κ1) is 11.4. The van der Waals surface area contributed by atoms with Crippen molar-refractivity contribution >= 4 is 0 Å². The molecule has 0 radical (unpaired) electrons. The molecule has 2 aliphatic rings. The molecule has 1 aromatic rings. The minimum Gasteiger partial charge on any atom is -0.504 e. The number of allylic oxidation sites excluding steroid dienone is 1. The third-order valence-corrected chi connectivity index (χ3v) is 3.39. The highest BCUT2D eigenvalue weighted by Crippen LogP contribution is 2.38. The molecule has 2 heterocycles. The maximum absolute atomic E-state index is 9.87. The molecule has 96 valence electrons. The molecule has 0 bridgehead atoms. The van der Waals surface area contributed by atoms with Gasteiger partial charge in [-0.25, -0.2) is 0 Å². The molecule has 0 spiro atoms. The summed E-state index contributed by atoms with van der Waals surface area (Å²) in [6.45, 7) is 5.23. The normalized spacial score (nSPS) is 19.5. The molecule has 1 saturated heterocycles. The highest BCUT2D eigenvalue weighted by atomic mass is 16.5. The third-order valence-electron chi connectivity index (χ3n) is 3.39. The van der Waals surface area contributed by atoms with Crippen LogP contribution in [0.2, 0.25) is 0 Å². The van der Waals surface area contributed by atoms with Crippen LogP contribution < -0.4 is 4.74 Å². The van der Waals surface area contributed by atoms with Crippen molar-refractivity contribution in [2.24, 2.45) is 0 Å². The fourth-order valence-corrected chi connectivity index (χ4v) is 2.47. The van der Waals surface area contributed by atoms with Gasteiger partial charge < -0.3 is 19.5 Å². The average Bonchev–Trinajstić information content (AvgIpc) is 2.39. The lowest BCUT2D eigenvalue weighted by Crippen LogP contribution is -2.38. The van der Waals surface area contributed by atoms with Crippen LogP contribution in [0.25, 0.3) is 0 Å². The predicted octanol–water partition coefficient (Wildman–Crippen LogP) is 1.89. The molecule has 1 N–H and O–H groups in total. The van der Waals surface area contributed by atoms with Crippen molar-refractivity contribution in [3.05, 3.63) is 35.2 Å². The van der Waals surface area contributed by atoms with Gasteiger partial charge in [0.05, 0.1) is 13.2 Å². The molecular weight excluding hydrogens is 230 g/mol. The van der Waals surface area contributed by atoms with Gasteiger partial charge in [0.25, 0.3) is 0 Å². The molecule has 0 aliphatic carbocycles. The van der Waals surface area contributed by atoms with Gasteiger partial charge in [0.1, 0.15) is 0 Å². The second kappa shape index (κ2) is 4.53. The lowest BCUT2D eigenvalue weighted by Gasteiger charge is -2.34. The van der Waals surface area contributed by atoms with Crippen LogP contribution in [-0.4, -0.2) is 36.3 Å². The Balaban J connectivity index is 1.90. The number of hydrogen-bond acceptors (Lipinski definition) is 4. The summed E-state index contributed by atoms with van der Waals surface area (Å²) in [5.41, 5.74) is 2.25. The molecule has 4 nitrogen and oxygen atoms in total. The number of ether oxygens (including phenoxy) is 2. The van der Waals surface area contributed by atoms with Crippen molar-refractivity contribution in [1.29, 1.82) is 0 Å². The number of morpholine rings is 1. The Morgan fingerprint density at radius 3 is 2.78 bits per heavy atom. The van der Waals surface area contributed by atoms with Crippen molar-refractivity contribution in [1.82, 2.24) is 4.90 Å². The molecule has 1 fully saturated rings. The van der Waals surface area contributed by atoms with Gasteiger partial charge in [-0.15, -0.1) is 0 Å². The molecule has 0 atom stereocenters. The Labute approximate surface area is 106 Å². The van der Waals surface area contributed by atoms with E-state index in [0.717, 1.165) is 44.2 Å². The fourth-order valence-electron chi connectivity index (χ4n) is 2.47. The average molecular weight is 247 g/mol.